The minimum atomic E-state index is 0.489. The largest absolute Gasteiger partial charge is 0.354 e. The topological polar surface area (TPSA) is 29.0 Å². The average Bonchev–Trinajstić information content (AvgIpc) is 2.88. The molecule has 1 aromatic heterocycles. The second-order valence-electron chi connectivity index (χ2n) is 5.25. The molecule has 4 heteroatoms. The third-order valence-corrected chi connectivity index (χ3v) is 4.18. The Bertz CT molecular complexity index is 585. The first-order valence-corrected chi connectivity index (χ1v) is 7.33. The van der Waals surface area contributed by atoms with Gasteiger partial charge in [-0.2, -0.15) is 0 Å². The van der Waals surface area contributed by atoms with Crippen molar-refractivity contribution < 1.29 is 0 Å². The van der Waals surface area contributed by atoms with Crippen LogP contribution in [0.5, 0.6) is 0 Å². The Hall–Kier alpha value is -1.35. The van der Waals surface area contributed by atoms with Crippen molar-refractivity contribution in [2.75, 3.05) is 18.0 Å². The molecule has 1 aromatic carbocycles. The van der Waals surface area contributed by atoms with Crippen LogP contribution in [0.3, 0.4) is 0 Å². The second-order valence-corrected chi connectivity index (χ2v) is 5.61. The van der Waals surface area contributed by atoms with E-state index in [1.807, 2.05) is 18.2 Å². The van der Waals surface area contributed by atoms with Crippen molar-refractivity contribution in [2.45, 2.75) is 26.2 Å². The Kier molecular flexibility index (Phi) is 3.56. The molecule has 0 amide bonds. The molecule has 0 radical (unpaired) electrons. The maximum absolute atomic E-state index is 6.12. The van der Waals surface area contributed by atoms with Crippen molar-refractivity contribution in [3.63, 3.8) is 0 Å². The van der Waals surface area contributed by atoms with Crippen LogP contribution in [0.2, 0.25) is 5.15 Å². The lowest BCUT2D eigenvalue weighted by Gasteiger charge is -2.19. The lowest BCUT2D eigenvalue weighted by atomic mass is 10.0. The van der Waals surface area contributed by atoms with Crippen LogP contribution in [0.1, 0.15) is 26.2 Å². The summed E-state index contributed by atoms with van der Waals surface area (Å²) in [5.41, 5.74) is 0. The van der Waals surface area contributed by atoms with Gasteiger partial charge in [-0.3, -0.25) is 0 Å². The van der Waals surface area contributed by atoms with Crippen molar-refractivity contribution in [3.05, 3.63) is 29.4 Å². The normalized spacial score (nSPS) is 19.3. The summed E-state index contributed by atoms with van der Waals surface area (Å²) in [6.45, 7) is 4.42. The van der Waals surface area contributed by atoms with Crippen molar-refractivity contribution in [2.24, 2.45) is 5.92 Å². The summed E-state index contributed by atoms with van der Waals surface area (Å²) in [7, 11) is 0. The van der Waals surface area contributed by atoms with Crippen LogP contribution in [0.4, 0.5) is 5.82 Å². The molecule has 1 saturated heterocycles. The summed E-state index contributed by atoms with van der Waals surface area (Å²) in [6, 6.07) is 8.11. The van der Waals surface area contributed by atoms with Gasteiger partial charge in [-0.15, -0.1) is 10.2 Å². The van der Waals surface area contributed by atoms with Gasteiger partial charge in [0.25, 0.3) is 0 Å². The third-order valence-electron chi connectivity index (χ3n) is 3.91. The van der Waals surface area contributed by atoms with Crippen LogP contribution in [-0.2, 0) is 0 Å². The Labute approximate surface area is 118 Å². The standard InChI is InChI=1S/C15H18ClN3/c1-2-5-11-8-9-19(10-11)15-13-7-4-3-6-12(13)14(16)17-18-15/h3-4,6-7,11H,2,5,8-10H2,1H3. The van der Waals surface area contributed by atoms with Crippen molar-refractivity contribution in [1.82, 2.24) is 10.2 Å². The molecular formula is C15H18ClN3. The Morgan fingerprint density at radius 1 is 1.26 bits per heavy atom. The van der Waals surface area contributed by atoms with E-state index < -0.39 is 0 Å². The van der Waals surface area contributed by atoms with E-state index in [9.17, 15) is 0 Å². The third kappa shape index (κ3) is 2.39. The molecule has 3 nitrogen and oxygen atoms in total. The van der Waals surface area contributed by atoms with Crippen LogP contribution < -0.4 is 4.90 Å². The smallest absolute Gasteiger partial charge is 0.159 e. The number of rotatable bonds is 3. The average molecular weight is 276 g/mol. The first kappa shape index (κ1) is 12.7. The molecule has 0 saturated carbocycles. The minimum absolute atomic E-state index is 0.489. The van der Waals surface area contributed by atoms with E-state index in [0.29, 0.717) is 5.15 Å². The second kappa shape index (κ2) is 5.33. The van der Waals surface area contributed by atoms with Gasteiger partial charge in [-0.25, -0.2) is 0 Å². The van der Waals surface area contributed by atoms with Gasteiger partial charge in [-0.05, 0) is 18.8 Å². The lowest BCUT2D eigenvalue weighted by molar-refractivity contribution is 0.529. The van der Waals surface area contributed by atoms with E-state index in [1.165, 1.54) is 19.3 Å². The molecule has 3 rings (SSSR count). The molecule has 1 fully saturated rings. The van der Waals surface area contributed by atoms with Crippen molar-refractivity contribution in [3.8, 4) is 0 Å². The Morgan fingerprint density at radius 3 is 2.84 bits per heavy atom. The quantitative estimate of drug-likeness (QED) is 0.850. The molecule has 0 aliphatic carbocycles. The number of fused-ring (bicyclic) bond motifs is 1. The first-order chi connectivity index (χ1) is 9.29. The monoisotopic (exact) mass is 275 g/mol. The molecule has 0 spiro atoms. The molecule has 19 heavy (non-hydrogen) atoms. The van der Waals surface area contributed by atoms with Gasteiger partial charge in [0.05, 0.1) is 0 Å². The van der Waals surface area contributed by atoms with Crippen molar-refractivity contribution >= 4 is 28.2 Å². The number of anilines is 1. The number of hydrogen-bond acceptors (Lipinski definition) is 3. The summed E-state index contributed by atoms with van der Waals surface area (Å²) >= 11 is 6.12. The van der Waals surface area contributed by atoms with E-state index in [1.54, 1.807) is 0 Å². The van der Waals surface area contributed by atoms with E-state index in [-0.39, 0.29) is 0 Å². The zero-order chi connectivity index (χ0) is 13.2. The number of benzene rings is 1. The maximum atomic E-state index is 6.12. The predicted octanol–water partition coefficient (Wildman–Crippen LogP) is 3.91. The molecular weight excluding hydrogens is 258 g/mol. The Balaban J connectivity index is 1.96. The molecule has 1 unspecified atom stereocenters. The zero-order valence-electron chi connectivity index (χ0n) is 11.1. The zero-order valence-corrected chi connectivity index (χ0v) is 11.9. The van der Waals surface area contributed by atoms with Gasteiger partial charge in [0.2, 0.25) is 0 Å². The highest BCUT2D eigenvalue weighted by Crippen LogP contribution is 2.32. The summed E-state index contributed by atoms with van der Waals surface area (Å²) < 4.78 is 0. The first-order valence-electron chi connectivity index (χ1n) is 6.95. The number of hydrogen-bond donors (Lipinski definition) is 0. The highest BCUT2D eigenvalue weighted by molar-refractivity contribution is 6.34. The number of nitrogens with zero attached hydrogens (tertiary/aromatic N) is 3. The van der Waals surface area contributed by atoms with E-state index in [0.717, 1.165) is 35.6 Å². The van der Waals surface area contributed by atoms with Gasteiger partial charge in [-0.1, -0.05) is 49.2 Å². The summed E-state index contributed by atoms with van der Waals surface area (Å²) in [5, 5.41) is 11.0. The van der Waals surface area contributed by atoms with Crippen LogP contribution in [0.15, 0.2) is 24.3 Å². The van der Waals surface area contributed by atoms with Gasteiger partial charge in [0.1, 0.15) is 0 Å². The van der Waals surface area contributed by atoms with Gasteiger partial charge >= 0.3 is 0 Å². The van der Waals surface area contributed by atoms with Crippen molar-refractivity contribution in [1.29, 1.82) is 0 Å². The molecule has 0 N–H and O–H groups in total. The lowest BCUT2D eigenvalue weighted by Crippen LogP contribution is -2.21. The van der Waals surface area contributed by atoms with E-state index in [2.05, 4.69) is 28.1 Å². The summed E-state index contributed by atoms with van der Waals surface area (Å²) in [4.78, 5) is 2.35. The highest BCUT2D eigenvalue weighted by atomic mass is 35.5. The van der Waals surface area contributed by atoms with Crippen LogP contribution >= 0.6 is 11.6 Å². The number of halogens is 1. The fourth-order valence-corrected chi connectivity index (χ4v) is 3.16. The van der Waals surface area contributed by atoms with E-state index in [4.69, 9.17) is 11.6 Å². The molecule has 2 heterocycles. The summed E-state index contributed by atoms with van der Waals surface area (Å²) in [6.07, 6.45) is 3.81. The highest BCUT2D eigenvalue weighted by Gasteiger charge is 2.24. The SMILES string of the molecule is CCCC1CCN(c2nnc(Cl)c3ccccc23)C1. The summed E-state index contributed by atoms with van der Waals surface area (Å²) in [5.74, 6) is 1.78. The van der Waals surface area contributed by atoms with Gasteiger partial charge in [0, 0.05) is 23.9 Å². The maximum Gasteiger partial charge on any atom is 0.159 e. The molecule has 1 aliphatic heterocycles. The Morgan fingerprint density at radius 2 is 2.05 bits per heavy atom. The van der Waals surface area contributed by atoms with Gasteiger partial charge < -0.3 is 4.90 Å². The number of aromatic nitrogens is 2. The predicted molar refractivity (Wildman–Crippen MR) is 79.8 cm³/mol. The van der Waals surface area contributed by atoms with Crippen LogP contribution in [0.25, 0.3) is 10.8 Å². The minimum Gasteiger partial charge on any atom is -0.354 e. The molecule has 2 aromatic rings. The van der Waals surface area contributed by atoms with Gasteiger partial charge in [0.15, 0.2) is 11.0 Å². The molecule has 0 bridgehead atoms. The van der Waals surface area contributed by atoms with Crippen LogP contribution in [-0.4, -0.2) is 23.3 Å². The van der Waals surface area contributed by atoms with E-state index >= 15 is 0 Å². The fourth-order valence-electron chi connectivity index (χ4n) is 2.96. The molecule has 1 atom stereocenters. The molecule has 1 aliphatic rings. The van der Waals surface area contributed by atoms with Crippen LogP contribution in [0, 0.1) is 5.92 Å². The fraction of sp³-hybridized carbons (Fsp3) is 0.467. The molecule has 100 valence electrons.